The normalized spacial score (nSPS) is 15.9. The van der Waals surface area contributed by atoms with Crippen LogP contribution in [0, 0.1) is 5.92 Å². The Labute approximate surface area is 208 Å². The van der Waals surface area contributed by atoms with Crippen molar-refractivity contribution in [2.24, 2.45) is 11.7 Å². The average molecular weight is 528 g/mol. The standard InChI is InChI=1S/C26H31BrN4OS/c1-18(2)24(30(14-8-13-28)26(32)23-15-20(27)17-33-23)25-29-21-11-6-7-12-22(21)31(25)16-19-9-4-3-5-10-19/h3-7,9-12,15,17-18,24-25,29H,8,13-14,16,28H2,1-2H3. The molecule has 0 spiro atoms. The smallest absolute Gasteiger partial charge is 0.264 e. The monoisotopic (exact) mass is 526 g/mol. The first-order chi connectivity index (χ1) is 16.0. The number of anilines is 2. The summed E-state index contributed by atoms with van der Waals surface area (Å²) in [7, 11) is 0. The van der Waals surface area contributed by atoms with E-state index in [4.69, 9.17) is 5.73 Å². The largest absolute Gasteiger partial charge is 0.362 e. The molecule has 1 amide bonds. The maximum atomic E-state index is 13.7. The average Bonchev–Trinajstić information content (AvgIpc) is 3.40. The van der Waals surface area contributed by atoms with Gasteiger partial charge in [0.05, 0.1) is 22.3 Å². The summed E-state index contributed by atoms with van der Waals surface area (Å²) in [6.07, 6.45) is 0.715. The molecule has 174 valence electrons. The predicted octanol–water partition coefficient (Wildman–Crippen LogP) is 5.78. The van der Waals surface area contributed by atoms with Crippen LogP contribution >= 0.6 is 27.3 Å². The highest BCUT2D eigenvalue weighted by Gasteiger charge is 2.41. The van der Waals surface area contributed by atoms with E-state index in [1.54, 1.807) is 0 Å². The molecule has 4 rings (SSSR count). The van der Waals surface area contributed by atoms with E-state index in [-0.39, 0.29) is 24.0 Å². The molecule has 3 aromatic rings. The summed E-state index contributed by atoms with van der Waals surface area (Å²) >= 11 is 4.98. The number of hydrogen-bond acceptors (Lipinski definition) is 5. The minimum absolute atomic E-state index is 0.0407. The van der Waals surface area contributed by atoms with Crippen molar-refractivity contribution in [3.8, 4) is 0 Å². The van der Waals surface area contributed by atoms with E-state index in [1.807, 2.05) is 22.4 Å². The maximum absolute atomic E-state index is 13.7. The molecule has 33 heavy (non-hydrogen) atoms. The molecule has 0 saturated carbocycles. The van der Waals surface area contributed by atoms with E-state index in [0.29, 0.717) is 13.1 Å². The van der Waals surface area contributed by atoms with Gasteiger partial charge in [0.2, 0.25) is 0 Å². The molecule has 1 aliphatic rings. The van der Waals surface area contributed by atoms with Crippen molar-refractivity contribution in [1.29, 1.82) is 0 Å². The first kappa shape index (κ1) is 23.8. The number of carbonyl (C=O) groups is 1. The first-order valence-corrected chi connectivity index (χ1v) is 13.1. The fourth-order valence-corrected chi connectivity index (χ4v) is 5.96. The molecule has 2 aromatic carbocycles. The van der Waals surface area contributed by atoms with Crippen molar-refractivity contribution in [3.05, 3.63) is 81.0 Å². The molecule has 2 atom stereocenters. The highest BCUT2D eigenvalue weighted by atomic mass is 79.9. The van der Waals surface area contributed by atoms with E-state index >= 15 is 0 Å². The van der Waals surface area contributed by atoms with Crippen LogP contribution in [-0.2, 0) is 6.54 Å². The van der Waals surface area contributed by atoms with Gasteiger partial charge in [-0.15, -0.1) is 11.3 Å². The van der Waals surface area contributed by atoms with Crippen LogP contribution in [0.3, 0.4) is 0 Å². The summed E-state index contributed by atoms with van der Waals surface area (Å²) in [5.41, 5.74) is 9.39. The minimum Gasteiger partial charge on any atom is -0.362 e. The van der Waals surface area contributed by atoms with Crippen LogP contribution in [0.15, 0.2) is 70.5 Å². The minimum atomic E-state index is -0.0484. The van der Waals surface area contributed by atoms with Gasteiger partial charge in [-0.25, -0.2) is 0 Å². The number of rotatable bonds is 9. The molecule has 0 bridgehead atoms. The van der Waals surface area contributed by atoms with Gasteiger partial charge in [0.25, 0.3) is 5.91 Å². The molecule has 7 heteroatoms. The Morgan fingerprint density at radius 2 is 1.91 bits per heavy atom. The number of nitrogens with two attached hydrogens (primary N) is 1. The number of amides is 1. The van der Waals surface area contributed by atoms with Gasteiger partial charge in [-0.05, 0) is 58.6 Å². The third-order valence-corrected chi connectivity index (χ3v) is 7.74. The molecule has 3 N–H and O–H groups in total. The zero-order valence-corrected chi connectivity index (χ0v) is 21.5. The highest BCUT2D eigenvalue weighted by Crippen LogP contribution is 2.39. The van der Waals surface area contributed by atoms with Gasteiger partial charge < -0.3 is 20.9 Å². The molecular formula is C26H31BrN4OS. The second-order valence-corrected chi connectivity index (χ2v) is 10.6. The Hall–Kier alpha value is -2.35. The number of thiophene rings is 1. The van der Waals surface area contributed by atoms with Crippen molar-refractivity contribution in [2.75, 3.05) is 23.3 Å². The molecule has 1 aliphatic heterocycles. The van der Waals surface area contributed by atoms with Crippen LogP contribution in [0.5, 0.6) is 0 Å². The number of halogens is 1. The van der Waals surface area contributed by atoms with Crippen molar-refractivity contribution < 1.29 is 4.79 Å². The van der Waals surface area contributed by atoms with Crippen molar-refractivity contribution in [3.63, 3.8) is 0 Å². The maximum Gasteiger partial charge on any atom is 0.264 e. The fourth-order valence-electron chi connectivity index (χ4n) is 4.58. The predicted molar refractivity (Wildman–Crippen MR) is 142 cm³/mol. The molecule has 5 nitrogen and oxygen atoms in total. The van der Waals surface area contributed by atoms with E-state index < -0.39 is 0 Å². The topological polar surface area (TPSA) is 61.6 Å². The number of carbonyl (C=O) groups excluding carboxylic acids is 1. The molecule has 0 saturated heterocycles. The lowest BCUT2D eigenvalue weighted by Gasteiger charge is -2.42. The van der Waals surface area contributed by atoms with Crippen LogP contribution in [0.2, 0.25) is 0 Å². The van der Waals surface area contributed by atoms with Crippen LogP contribution in [0.25, 0.3) is 0 Å². The number of fused-ring (bicyclic) bond motifs is 1. The lowest BCUT2D eigenvalue weighted by molar-refractivity contribution is 0.0599. The Kier molecular flexibility index (Phi) is 7.73. The zero-order chi connectivity index (χ0) is 23.4. The Balaban J connectivity index is 1.72. The molecule has 2 heterocycles. The van der Waals surface area contributed by atoms with Crippen molar-refractivity contribution in [2.45, 2.75) is 39.0 Å². The van der Waals surface area contributed by atoms with E-state index in [1.165, 1.54) is 22.6 Å². The van der Waals surface area contributed by atoms with Gasteiger partial charge in [-0.1, -0.05) is 56.3 Å². The highest BCUT2D eigenvalue weighted by molar-refractivity contribution is 9.10. The third kappa shape index (κ3) is 5.26. The molecule has 0 radical (unpaired) electrons. The van der Waals surface area contributed by atoms with Gasteiger partial charge in [-0.3, -0.25) is 4.79 Å². The van der Waals surface area contributed by atoms with E-state index in [2.05, 4.69) is 88.5 Å². The molecule has 0 fully saturated rings. The lowest BCUT2D eigenvalue weighted by atomic mass is 9.97. The van der Waals surface area contributed by atoms with E-state index in [0.717, 1.165) is 28.0 Å². The summed E-state index contributed by atoms with van der Waals surface area (Å²) in [5, 5.41) is 5.71. The van der Waals surface area contributed by atoms with Crippen molar-refractivity contribution >= 4 is 44.5 Å². The van der Waals surface area contributed by atoms with Gasteiger partial charge in [0, 0.05) is 22.9 Å². The summed E-state index contributed by atoms with van der Waals surface area (Å²) in [4.78, 5) is 18.9. The second kappa shape index (κ2) is 10.7. The molecule has 1 aromatic heterocycles. The summed E-state index contributed by atoms with van der Waals surface area (Å²) in [6, 6.07) is 20.8. The molecular weight excluding hydrogens is 496 g/mol. The van der Waals surface area contributed by atoms with Gasteiger partial charge in [-0.2, -0.15) is 0 Å². The van der Waals surface area contributed by atoms with Gasteiger partial charge in [0.15, 0.2) is 0 Å². The Morgan fingerprint density at radius 1 is 1.18 bits per heavy atom. The van der Waals surface area contributed by atoms with Gasteiger partial charge >= 0.3 is 0 Å². The molecule has 2 unspecified atom stereocenters. The zero-order valence-electron chi connectivity index (χ0n) is 19.1. The molecule has 0 aliphatic carbocycles. The van der Waals surface area contributed by atoms with Crippen LogP contribution in [0.1, 0.15) is 35.5 Å². The quantitative estimate of drug-likeness (QED) is 0.370. The SMILES string of the molecule is CC(C)C(C1Nc2ccccc2N1Cc1ccccc1)N(CCCN)C(=O)c1cc(Br)cs1. The lowest BCUT2D eigenvalue weighted by Crippen LogP contribution is -2.57. The summed E-state index contributed by atoms with van der Waals surface area (Å²) in [6.45, 7) is 6.34. The number of nitrogens with one attached hydrogen (secondary N) is 1. The van der Waals surface area contributed by atoms with Gasteiger partial charge in [0.1, 0.15) is 6.17 Å². The first-order valence-electron chi connectivity index (χ1n) is 11.4. The summed E-state index contributed by atoms with van der Waals surface area (Å²) in [5.74, 6) is 0.301. The third-order valence-electron chi connectivity index (χ3n) is 6.06. The van der Waals surface area contributed by atoms with Crippen LogP contribution in [-0.4, -0.2) is 36.1 Å². The Morgan fingerprint density at radius 3 is 2.58 bits per heavy atom. The Bertz CT molecular complexity index is 1070. The number of para-hydroxylation sites is 2. The van der Waals surface area contributed by atoms with Crippen LogP contribution in [0.4, 0.5) is 11.4 Å². The summed E-state index contributed by atoms with van der Waals surface area (Å²) < 4.78 is 0.938. The number of benzene rings is 2. The van der Waals surface area contributed by atoms with E-state index in [9.17, 15) is 4.79 Å². The second-order valence-electron chi connectivity index (χ2n) is 8.72. The van der Waals surface area contributed by atoms with Crippen LogP contribution < -0.4 is 16.0 Å². The fraction of sp³-hybridized carbons (Fsp3) is 0.346. The van der Waals surface area contributed by atoms with Crippen molar-refractivity contribution in [1.82, 2.24) is 4.90 Å². The number of hydrogen-bond donors (Lipinski definition) is 2. The number of nitrogens with zero attached hydrogens (tertiary/aromatic N) is 2.